The van der Waals surface area contributed by atoms with Gasteiger partial charge in [0.2, 0.25) is 0 Å². The van der Waals surface area contributed by atoms with Crippen LogP contribution in [0.1, 0.15) is 84.0 Å². The van der Waals surface area contributed by atoms with Gasteiger partial charge in [0.15, 0.2) is 0 Å². The van der Waals surface area contributed by atoms with Crippen LogP contribution in [0.25, 0.3) is 11.1 Å². The molecule has 54 heavy (non-hydrogen) atoms. The molecule has 5 atom stereocenters. The number of fused-ring (bicyclic) bond motifs is 10. The van der Waals surface area contributed by atoms with Crippen molar-refractivity contribution in [1.82, 2.24) is 9.97 Å². The maximum absolute atomic E-state index is 14.1. The molecule has 2 aromatic heterocycles. The Balaban J connectivity index is 0.000000208. The van der Waals surface area contributed by atoms with E-state index in [1.807, 2.05) is 12.1 Å². The van der Waals surface area contributed by atoms with E-state index in [2.05, 4.69) is 14.6 Å². The van der Waals surface area contributed by atoms with E-state index in [0.29, 0.717) is 22.3 Å². The molecular weight excluding hydrogens is 839 g/mol. The number of benzene rings is 2. The molecule has 4 bridgehead atoms. The summed E-state index contributed by atoms with van der Waals surface area (Å²) in [6, 6.07) is 13.2. The van der Waals surface area contributed by atoms with Gasteiger partial charge in [0.1, 0.15) is 59.0 Å². The molecule has 22 heteroatoms. The van der Waals surface area contributed by atoms with Gasteiger partial charge < -0.3 is 29.7 Å². The molecule has 4 aliphatic rings. The van der Waals surface area contributed by atoms with Crippen molar-refractivity contribution in [1.29, 1.82) is 10.5 Å². The molecule has 0 aliphatic carbocycles. The third kappa shape index (κ3) is 12.3. The minimum atomic E-state index is -3.15. The van der Waals surface area contributed by atoms with Crippen LogP contribution in [0, 0.1) is 45.9 Å². The van der Waals surface area contributed by atoms with Gasteiger partial charge in [0, 0.05) is 34.3 Å². The minimum absolute atomic E-state index is 0. The zero-order valence-electron chi connectivity index (χ0n) is 28.8. The number of ether oxygens (including phenoxy) is 2. The molecule has 2 saturated heterocycles. The van der Waals surface area contributed by atoms with Gasteiger partial charge in [-0.1, -0.05) is 17.7 Å². The number of aromatic nitrogens is 2. The Morgan fingerprint density at radius 1 is 0.815 bits per heavy atom. The van der Waals surface area contributed by atoms with Gasteiger partial charge in [-0.3, -0.25) is 0 Å². The Kier molecular flexibility index (Phi) is 21.1. The van der Waals surface area contributed by atoms with Gasteiger partial charge in [-0.05, 0) is 66.1 Å². The van der Waals surface area contributed by atoms with E-state index in [0.717, 1.165) is 66.4 Å². The number of nitriles is 2. The van der Waals surface area contributed by atoms with E-state index in [1.165, 1.54) is 75.3 Å². The monoisotopic (exact) mass is 860 g/mol. The van der Waals surface area contributed by atoms with Crippen LogP contribution in [-0.2, 0) is 18.7 Å². The third-order valence-corrected chi connectivity index (χ3v) is 8.61. The van der Waals surface area contributed by atoms with E-state index >= 15 is 0 Å². The van der Waals surface area contributed by atoms with Crippen LogP contribution in [0.2, 0.25) is 5.02 Å². The predicted molar refractivity (Wildman–Crippen MR) is 176 cm³/mol. The molecule has 2 N–H and O–H groups in total. The SMILES string of the molecule is N#Cc1cc(-c2ccc(F)cc2F)c2c(n1)C1CCC2O1.N#Cc1cc(Cl)c2c(n1)C1CCC2O1.O=[P+]([O-])O[O-].OB(O)c1ccc(F)cc1F.[K+].[K][K]. The number of hydrogen-bond acceptors (Lipinski definition) is 12. The summed E-state index contributed by atoms with van der Waals surface area (Å²) in [7, 11) is -5.05. The van der Waals surface area contributed by atoms with Crippen molar-refractivity contribution in [2.45, 2.75) is 50.1 Å². The molecule has 4 aliphatic heterocycles. The number of nitrogens with zero attached hydrogens (tertiary/aromatic N) is 4. The van der Waals surface area contributed by atoms with Gasteiger partial charge >= 0.3 is 130 Å². The van der Waals surface area contributed by atoms with E-state index in [1.54, 1.807) is 12.1 Å². The summed E-state index contributed by atoms with van der Waals surface area (Å²) < 4.78 is 74.7. The van der Waals surface area contributed by atoms with Gasteiger partial charge in [-0.15, -0.1) is 0 Å². The molecule has 5 unspecified atom stereocenters. The number of halogens is 5. The van der Waals surface area contributed by atoms with E-state index in [-0.39, 0.29) is 92.5 Å². The zero-order chi connectivity index (χ0) is 39.0. The first-order valence-corrected chi connectivity index (χ1v) is 33.4. The summed E-state index contributed by atoms with van der Waals surface area (Å²) >= 11 is 8.58. The molecule has 2 fully saturated rings. The Morgan fingerprint density at radius 3 is 1.76 bits per heavy atom. The van der Waals surface area contributed by atoms with Gasteiger partial charge in [-0.25, -0.2) is 32.2 Å². The maximum atomic E-state index is 14.1. The molecule has 264 valence electrons. The van der Waals surface area contributed by atoms with Crippen molar-refractivity contribution < 1.29 is 108 Å². The van der Waals surface area contributed by atoms with E-state index in [4.69, 9.17) is 56.4 Å². The summed E-state index contributed by atoms with van der Waals surface area (Å²) in [6.45, 7) is 0. The van der Waals surface area contributed by atoms with Crippen molar-refractivity contribution in [3.8, 4) is 23.3 Å². The van der Waals surface area contributed by atoms with Crippen molar-refractivity contribution in [2.24, 2.45) is 0 Å². The second-order valence-corrected chi connectivity index (χ2v) is 12.2. The molecule has 0 saturated carbocycles. The Morgan fingerprint density at radius 2 is 1.28 bits per heavy atom. The fraction of sp³-hybridized carbons (Fsp3) is 0.250. The number of pyridine rings is 2. The molecule has 0 radical (unpaired) electrons. The fourth-order valence-corrected chi connectivity index (χ4v) is 6.44. The van der Waals surface area contributed by atoms with Crippen LogP contribution in [-0.4, -0.2) is 90.3 Å². The topological polar surface area (TPSA) is 205 Å². The normalized spacial score (nSPS) is 18.9. The molecule has 0 amide bonds. The second kappa shape index (κ2) is 23.3. The first kappa shape index (κ1) is 48.9. The summed E-state index contributed by atoms with van der Waals surface area (Å²) in [5.74, 6) is -2.97. The van der Waals surface area contributed by atoms with Crippen molar-refractivity contribution in [2.75, 3.05) is 0 Å². The molecule has 8 rings (SSSR count). The van der Waals surface area contributed by atoms with Gasteiger partial charge in [-0.2, -0.15) is 10.5 Å². The van der Waals surface area contributed by atoms with Crippen molar-refractivity contribution in [3.05, 3.63) is 111 Å². The summed E-state index contributed by atoms with van der Waals surface area (Å²) in [4.78, 5) is 17.4. The Labute approximate surface area is 400 Å². The average Bonchev–Trinajstić information content (AvgIpc) is 3.96. The average molecular weight is 861 g/mol. The van der Waals surface area contributed by atoms with Crippen LogP contribution in [0.4, 0.5) is 17.6 Å². The summed E-state index contributed by atoms with van der Waals surface area (Å²) in [5.41, 5.74) is 4.59. The van der Waals surface area contributed by atoms with E-state index < -0.39 is 38.6 Å². The summed E-state index contributed by atoms with van der Waals surface area (Å²) in [6.07, 6.45) is 3.71. The molecule has 0 spiro atoms. The molecule has 12 nitrogen and oxygen atoms in total. The Hall–Kier alpha value is 0.524. The quantitative estimate of drug-likeness (QED) is 0.0951. The first-order valence-electron chi connectivity index (χ1n) is 15.9. The van der Waals surface area contributed by atoms with E-state index in [9.17, 15) is 17.6 Å². The van der Waals surface area contributed by atoms with Crippen LogP contribution >= 0.6 is 19.9 Å². The molecular formula is C32H22BClF4K3N4O8P. The van der Waals surface area contributed by atoms with Crippen molar-refractivity contribution >= 4 is 95.6 Å². The number of rotatable bonds is 3. The summed E-state index contributed by atoms with van der Waals surface area (Å²) in [5, 5.41) is 44.0. The predicted octanol–water partition coefficient (Wildman–Crippen LogP) is 0.501. The first-order chi connectivity index (χ1) is 25.3. The molecule has 2 aromatic carbocycles. The zero-order valence-corrected chi connectivity index (χ0v) is 39.8. The molecule has 6 heterocycles. The number of hydrogen-bond donors (Lipinski definition) is 2. The van der Waals surface area contributed by atoms with Gasteiger partial charge in [0.05, 0.1) is 28.6 Å². The van der Waals surface area contributed by atoms with Crippen LogP contribution in [0.3, 0.4) is 0 Å². The van der Waals surface area contributed by atoms with Gasteiger partial charge in [0.25, 0.3) is 0 Å². The van der Waals surface area contributed by atoms with Crippen LogP contribution < -0.4 is 67.0 Å². The third-order valence-electron chi connectivity index (χ3n) is 8.17. The van der Waals surface area contributed by atoms with Crippen molar-refractivity contribution in [3.63, 3.8) is 0 Å². The van der Waals surface area contributed by atoms with Crippen LogP contribution in [0.5, 0.6) is 0 Å². The second-order valence-electron chi connectivity index (χ2n) is 11.2. The Bertz CT molecular complexity index is 2090. The molecule has 4 aromatic rings. The fourth-order valence-electron chi connectivity index (χ4n) is 6.12. The van der Waals surface area contributed by atoms with Crippen LogP contribution in [0.15, 0.2) is 48.5 Å². The standard InChI is InChI=1S/C16H10F2N2O.C10H7ClN2O.C6H5BF2O2.3K.HO4P/c17-8-1-2-10(12(18)5-8)11-6-9(7-19)20-16-14-4-3-13(21-14)15(11)16;11-6-3-5(4-12)13-10-8-2-1-7(14-8)9(6)10;8-4-1-2-5(7(10)11)6(9)3-4;;;;1-4-5(2)3/h1-2,5-6,13-14H,3-4H2;3,7-8H,1-2H2;1-3,10-11H;;;;1H/q;;;;;+1;/p-1.